The lowest BCUT2D eigenvalue weighted by atomic mass is 9.91. The molecule has 1 aliphatic heterocycles. The number of hydrogen-bond acceptors (Lipinski definition) is 5. The van der Waals surface area contributed by atoms with Gasteiger partial charge in [0.2, 0.25) is 5.91 Å². The molecule has 1 saturated heterocycles. The fraction of sp³-hybridized carbons (Fsp3) is 0.286. The normalized spacial score (nSPS) is 18.4. The van der Waals surface area contributed by atoms with Crippen molar-refractivity contribution in [2.24, 2.45) is 5.92 Å². The Kier molecular flexibility index (Phi) is 6.04. The highest BCUT2D eigenvalue weighted by Crippen LogP contribution is 2.27. The van der Waals surface area contributed by atoms with Gasteiger partial charge < -0.3 is 15.2 Å². The number of amides is 2. The predicted molar refractivity (Wildman–Crippen MR) is 115 cm³/mol. The number of H-pyrrole nitrogens is 1. The van der Waals surface area contributed by atoms with Crippen LogP contribution >= 0.6 is 11.6 Å². The largest absolute Gasteiger partial charge is 0.335 e. The summed E-state index contributed by atoms with van der Waals surface area (Å²) in [5.41, 5.74) is 0.0122. The van der Waals surface area contributed by atoms with Crippen molar-refractivity contribution in [2.45, 2.75) is 25.8 Å². The first-order valence-electron chi connectivity index (χ1n) is 10.00. The molecule has 2 amide bonds. The van der Waals surface area contributed by atoms with Crippen LogP contribution in [0.1, 0.15) is 30.1 Å². The van der Waals surface area contributed by atoms with Gasteiger partial charge in [-0.05, 0) is 38.0 Å². The standard InChI is InChI=1S/C21H20ClFN6O3/c1-12-2-3-13(19(30)27-17-8-14(22)10-24-20(17)31)11-28(12)21(32)16-5-4-15(23)9-18(16)29-25-6-7-26-29/h4-10,12-13H,2-3,11H2,1H3,(H,24,31)(H,27,30). The number of hydrogen-bond donors (Lipinski definition) is 2. The van der Waals surface area contributed by atoms with E-state index in [9.17, 15) is 18.8 Å². The third-order valence-corrected chi connectivity index (χ3v) is 5.68. The van der Waals surface area contributed by atoms with Gasteiger partial charge in [-0.3, -0.25) is 14.4 Å². The molecule has 1 aliphatic rings. The van der Waals surface area contributed by atoms with Gasteiger partial charge >= 0.3 is 0 Å². The lowest BCUT2D eigenvalue weighted by Gasteiger charge is -2.37. The van der Waals surface area contributed by atoms with Crippen LogP contribution in [-0.2, 0) is 4.79 Å². The smallest absolute Gasteiger partial charge is 0.271 e. The highest BCUT2D eigenvalue weighted by Gasteiger charge is 2.34. The first-order valence-corrected chi connectivity index (χ1v) is 10.4. The van der Waals surface area contributed by atoms with Crippen molar-refractivity contribution in [1.82, 2.24) is 24.9 Å². The number of carbonyl (C=O) groups excluding carboxylic acids is 2. The van der Waals surface area contributed by atoms with Gasteiger partial charge in [-0.2, -0.15) is 15.0 Å². The summed E-state index contributed by atoms with van der Waals surface area (Å²) in [6.45, 7) is 2.04. The topological polar surface area (TPSA) is 113 Å². The summed E-state index contributed by atoms with van der Waals surface area (Å²) in [6.07, 6.45) is 5.33. The van der Waals surface area contributed by atoms with E-state index in [0.717, 1.165) is 0 Å². The maximum absolute atomic E-state index is 13.9. The van der Waals surface area contributed by atoms with Crippen LogP contribution in [0.4, 0.5) is 10.1 Å². The Morgan fingerprint density at radius 2 is 1.97 bits per heavy atom. The molecule has 9 nitrogen and oxygen atoms in total. The van der Waals surface area contributed by atoms with Crippen molar-refractivity contribution < 1.29 is 14.0 Å². The van der Waals surface area contributed by atoms with Crippen molar-refractivity contribution >= 4 is 29.1 Å². The first-order chi connectivity index (χ1) is 15.3. The number of likely N-dealkylation sites (tertiary alicyclic amines) is 1. The van der Waals surface area contributed by atoms with Crippen LogP contribution in [0, 0.1) is 11.7 Å². The number of halogens is 2. The van der Waals surface area contributed by atoms with E-state index < -0.39 is 17.3 Å². The second kappa shape index (κ2) is 8.91. The summed E-state index contributed by atoms with van der Waals surface area (Å²) in [7, 11) is 0. The second-order valence-corrected chi connectivity index (χ2v) is 8.05. The minimum atomic E-state index is -0.528. The Morgan fingerprint density at radius 3 is 2.72 bits per heavy atom. The third kappa shape index (κ3) is 4.40. The quantitative estimate of drug-likeness (QED) is 0.624. The number of nitrogens with one attached hydrogen (secondary N) is 2. The van der Waals surface area contributed by atoms with E-state index >= 15 is 0 Å². The zero-order valence-electron chi connectivity index (χ0n) is 17.1. The molecule has 0 spiro atoms. The van der Waals surface area contributed by atoms with E-state index in [-0.39, 0.29) is 46.4 Å². The van der Waals surface area contributed by atoms with Gasteiger partial charge in [-0.1, -0.05) is 11.6 Å². The molecule has 3 aromatic rings. The van der Waals surface area contributed by atoms with Gasteiger partial charge in [-0.25, -0.2) is 4.39 Å². The molecular formula is C21H20ClFN6O3. The van der Waals surface area contributed by atoms with Gasteiger partial charge in [-0.15, -0.1) is 0 Å². The molecule has 3 heterocycles. The number of aromatic nitrogens is 4. The number of aromatic amines is 1. The van der Waals surface area contributed by atoms with Crippen molar-refractivity contribution in [3.05, 3.63) is 69.6 Å². The minimum absolute atomic E-state index is 0.0459. The lowest BCUT2D eigenvalue weighted by Crippen LogP contribution is -2.48. The Labute approximate surface area is 187 Å². The number of rotatable bonds is 4. The average Bonchev–Trinajstić information content (AvgIpc) is 3.31. The monoisotopic (exact) mass is 458 g/mol. The van der Waals surface area contributed by atoms with Crippen molar-refractivity contribution in [3.63, 3.8) is 0 Å². The summed E-state index contributed by atoms with van der Waals surface area (Å²) in [4.78, 5) is 43.4. The highest BCUT2D eigenvalue weighted by atomic mass is 35.5. The summed E-state index contributed by atoms with van der Waals surface area (Å²) < 4.78 is 13.9. The SMILES string of the molecule is CC1CCC(C(=O)Nc2cc(Cl)c[nH]c2=O)CN1C(=O)c1ccc(F)cc1-n1nccn1. The van der Waals surface area contributed by atoms with Gasteiger partial charge in [0.15, 0.2) is 0 Å². The van der Waals surface area contributed by atoms with Crippen LogP contribution in [-0.4, -0.2) is 49.3 Å². The molecule has 4 rings (SSSR count). The number of piperidine rings is 1. The molecule has 1 aromatic carbocycles. The molecule has 2 unspecified atom stereocenters. The molecule has 11 heteroatoms. The van der Waals surface area contributed by atoms with Crippen LogP contribution in [0.2, 0.25) is 5.02 Å². The van der Waals surface area contributed by atoms with Crippen LogP contribution < -0.4 is 10.9 Å². The molecule has 1 fully saturated rings. The Morgan fingerprint density at radius 1 is 1.22 bits per heavy atom. The maximum Gasteiger partial charge on any atom is 0.271 e. The van der Waals surface area contributed by atoms with E-state index in [1.165, 1.54) is 47.7 Å². The van der Waals surface area contributed by atoms with Crippen molar-refractivity contribution in [2.75, 3.05) is 11.9 Å². The predicted octanol–water partition coefficient (Wildman–Crippen LogP) is 2.63. The van der Waals surface area contributed by atoms with Crippen LogP contribution in [0.25, 0.3) is 5.69 Å². The zero-order chi connectivity index (χ0) is 22.8. The van der Waals surface area contributed by atoms with E-state index in [1.807, 2.05) is 6.92 Å². The Bertz CT molecular complexity index is 1210. The van der Waals surface area contributed by atoms with Crippen molar-refractivity contribution in [1.29, 1.82) is 0 Å². The summed E-state index contributed by atoms with van der Waals surface area (Å²) in [5.74, 6) is -1.79. The van der Waals surface area contributed by atoms with E-state index in [1.54, 1.807) is 4.90 Å². The molecule has 0 aliphatic carbocycles. The Hall–Kier alpha value is -3.53. The van der Waals surface area contributed by atoms with E-state index in [0.29, 0.717) is 12.8 Å². The number of nitrogens with zero attached hydrogens (tertiary/aromatic N) is 4. The third-order valence-electron chi connectivity index (χ3n) is 5.46. The van der Waals surface area contributed by atoms with E-state index in [4.69, 9.17) is 11.6 Å². The number of carbonyl (C=O) groups is 2. The molecular weight excluding hydrogens is 439 g/mol. The molecule has 32 heavy (non-hydrogen) atoms. The zero-order valence-corrected chi connectivity index (χ0v) is 17.8. The molecule has 166 valence electrons. The van der Waals surface area contributed by atoms with Gasteiger partial charge in [0.1, 0.15) is 17.2 Å². The summed E-state index contributed by atoms with van der Waals surface area (Å²) in [6, 6.07) is 5.01. The van der Waals surface area contributed by atoms with Gasteiger partial charge in [0, 0.05) is 24.8 Å². The first kappa shape index (κ1) is 21.7. The Balaban J connectivity index is 1.57. The maximum atomic E-state index is 13.9. The molecule has 0 bridgehead atoms. The molecule has 0 saturated carbocycles. The van der Waals surface area contributed by atoms with Crippen LogP contribution in [0.3, 0.4) is 0 Å². The molecule has 2 N–H and O–H groups in total. The fourth-order valence-electron chi connectivity index (χ4n) is 3.73. The lowest BCUT2D eigenvalue weighted by molar-refractivity contribution is -0.121. The summed E-state index contributed by atoms with van der Waals surface area (Å²) in [5, 5.41) is 10.9. The number of benzene rings is 1. The van der Waals surface area contributed by atoms with E-state index in [2.05, 4.69) is 20.5 Å². The summed E-state index contributed by atoms with van der Waals surface area (Å²) >= 11 is 5.89. The highest BCUT2D eigenvalue weighted by molar-refractivity contribution is 6.30. The van der Waals surface area contributed by atoms with Crippen LogP contribution in [0.5, 0.6) is 0 Å². The number of pyridine rings is 1. The molecule has 2 atom stereocenters. The van der Waals surface area contributed by atoms with Gasteiger partial charge in [0.25, 0.3) is 11.5 Å². The fourth-order valence-corrected chi connectivity index (χ4v) is 3.90. The molecule has 2 aromatic heterocycles. The molecule has 0 radical (unpaired) electrons. The average molecular weight is 459 g/mol. The minimum Gasteiger partial charge on any atom is -0.335 e. The second-order valence-electron chi connectivity index (χ2n) is 7.61. The van der Waals surface area contributed by atoms with Crippen LogP contribution in [0.15, 0.2) is 47.7 Å². The van der Waals surface area contributed by atoms with Crippen molar-refractivity contribution in [3.8, 4) is 5.69 Å². The van der Waals surface area contributed by atoms with Gasteiger partial charge in [0.05, 0.1) is 28.9 Å². The number of anilines is 1.